The topological polar surface area (TPSA) is 83.0 Å². The van der Waals surface area contributed by atoms with E-state index in [0.29, 0.717) is 44.6 Å². The largest absolute Gasteiger partial charge is 0.493 e. The number of nitrogens with zero attached hydrogens (tertiary/aromatic N) is 3. The van der Waals surface area contributed by atoms with Gasteiger partial charge in [0.05, 0.1) is 29.2 Å². The standard InChI is InChI=1S/C28H30ClF4N3O4/c1-27(6-8-35(14-27)24-11-20(28(31,32)33)21(29)13-34-24)15-40-23-12-22(30)19(10-18(23)16-4-5-16)26(39)36-7-2-3-17(36)9-25(37)38/h10-13,16-17H,2-9,14-15H2,1H3,(H,37,38)/t17-,27+/m0/s1. The Balaban J connectivity index is 1.30. The average Bonchev–Trinajstić information content (AvgIpc) is 3.50. The van der Waals surface area contributed by atoms with Gasteiger partial charge in [0, 0.05) is 43.4 Å². The molecule has 2 aromatic rings. The minimum Gasteiger partial charge on any atom is -0.493 e. The Morgan fingerprint density at radius 3 is 2.62 bits per heavy atom. The summed E-state index contributed by atoms with van der Waals surface area (Å²) in [4.78, 5) is 31.7. The first-order valence-corrected chi connectivity index (χ1v) is 13.7. The molecule has 1 aromatic carbocycles. The van der Waals surface area contributed by atoms with Gasteiger partial charge in [0.1, 0.15) is 17.4 Å². The van der Waals surface area contributed by atoms with E-state index in [2.05, 4.69) is 4.98 Å². The molecule has 3 fully saturated rings. The van der Waals surface area contributed by atoms with Gasteiger partial charge in [-0.1, -0.05) is 18.5 Å². The fourth-order valence-corrected chi connectivity index (χ4v) is 5.86. The molecule has 0 spiro atoms. The third kappa shape index (κ3) is 5.99. The van der Waals surface area contributed by atoms with Crippen molar-refractivity contribution in [1.82, 2.24) is 9.88 Å². The van der Waals surface area contributed by atoms with Gasteiger partial charge in [0.15, 0.2) is 0 Å². The van der Waals surface area contributed by atoms with E-state index in [1.807, 2.05) is 6.92 Å². The highest BCUT2D eigenvalue weighted by Crippen LogP contribution is 2.46. The number of benzene rings is 1. The molecule has 216 valence electrons. The lowest BCUT2D eigenvalue weighted by atomic mass is 9.91. The number of carbonyl (C=O) groups is 2. The molecule has 5 rings (SSSR count). The molecule has 12 heteroatoms. The van der Waals surface area contributed by atoms with Gasteiger partial charge in [-0.25, -0.2) is 9.37 Å². The van der Waals surface area contributed by atoms with E-state index >= 15 is 4.39 Å². The van der Waals surface area contributed by atoms with Gasteiger partial charge in [-0.05, 0) is 55.7 Å². The van der Waals surface area contributed by atoms with E-state index in [1.165, 1.54) is 11.0 Å². The minimum atomic E-state index is -4.59. The molecule has 1 amide bonds. The lowest BCUT2D eigenvalue weighted by Crippen LogP contribution is -2.37. The molecule has 0 bridgehead atoms. The molecule has 2 saturated heterocycles. The summed E-state index contributed by atoms with van der Waals surface area (Å²) in [7, 11) is 0. The fraction of sp³-hybridized carbons (Fsp3) is 0.536. The number of hydrogen-bond donors (Lipinski definition) is 1. The van der Waals surface area contributed by atoms with Gasteiger partial charge in [-0.15, -0.1) is 0 Å². The number of amides is 1. The summed E-state index contributed by atoms with van der Waals surface area (Å²) < 4.78 is 61.4. The second-order valence-electron chi connectivity index (χ2n) is 11.3. The summed E-state index contributed by atoms with van der Waals surface area (Å²) in [5.74, 6) is -1.57. The van der Waals surface area contributed by atoms with Gasteiger partial charge >= 0.3 is 12.1 Å². The van der Waals surface area contributed by atoms with Gasteiger partial charge in [-0.3, -0.25) is 9.59 Å². The zero-order chi connectivity index (χ0) is 28.8. The summed E-state index contributed by atoms with van der Waals surface area (Å²) in [5, 5.41) is 8.72. The van der Waals surface area contributed by atoms with E-state index in [0.717, 1.165) is 30.7 Å². The van der Waals surface area contributed by atoms with Crippen LogP contribution in [0.3, 0.4) is 0 Å². The minimum absolute atomic E-state index is 0.0842. The monoisotopic (exact) mass is 583 g/mol. The van der Waals surface area contributed by atoms with Crippen molar-refractivity contribution in [3.63, 3.8) is 0 Å². The lowest BCUT2D eigenvalue weighted by Gasteiger charge is -2.27. The number of aliphatic carboxylic acids is 1. The summed E-state index contributed by atoms with van der Waals surface area (Å²) in [6.45, 7) is 3.39. The van der Waals surface area contributed by atoms with Crippen molar-refractivity contribution in [2.45, 2.75) is 63.6 Å². The molecule has 2 aliphatic heterocycles. The molecule has 7 nitrogen and oxygen atoms in total. The molecular weight excluding hydrogens is 554 g/mol. The first-order valence-electron chi connectivity index (χ1n) is 13.3. The van der Waals surface area contributed by atoms with E-state index < -0.39 is 45.9 Å². The fourth-order valence-electron chi connectivity index (χ4n) is 5.65. The zero-order valence-corrected chi connectivity index (χ0v) is 22.7. The molecule has 1 aliphatic carbocycles. The lowest BCUT2D eigenvalue weighted by molar-refractivity contribution is -0.138. The Morgan fingerprint density at radius 2 is 1.95 bits per heavy atom. The number of rotatable bonds is 8. The summed E-state index contributed by atoms with van der Waals surface area (Å²) in [6.07, 6.45) is -0.143. The van der Waals surface area contributed by atoms with Crippen LogP contribution in [0, 0.1) is 11.2 Å². The Hall–Kier alpha value is -3.08. The van der Waals surface area contributed by atoms with E-state index in [1.54, 1.807) is 11.0 Å². The normalized spacial score (nSPS) is 23.1. The van der Waals surface area contributed by atoms with Crippen molar-refractivity contribution in [2.24, 2.45) is 5.41 Å². The van der Waals surface area contributed by atoms with Crippen LogP contribution in [0.4, 0.5) is 23.4 Å². The Morgan fingerprint density at radius 1 is 1.20 bits per heavy atom. The second kappa shape index (κ2) is 10.7. The number of aromatic nitrogens is 1. The maximum Gasteiger partial charge on any atom is 0.418 e. The van der Waals surface area contributed by atoms with Crippen molar-refractivity contribution >= 4 is 29.3 Å². The second-order valence-corrected chi connectivity index (χ2v) is 11.7. The quantitative estimate of drug-likeness (QED) is 0.376. The molecule has 2 atom stereocenters. The predicted molar refractivity (Wildman–Crippen MR) is 139 cm³/mol. The van der Waals surface area contributed by atoms with Crippen LogP contribution in [0.15, 0.2) is 24.4 Å². The number of carboxylic acid groups (broad SMARTS) is 1. The van der Waals surface area contributed by atoms with Gasteiger partial charge in [-0.2, -0.15) is 13.2 Å². The van der Waals surface area contributed by atoms with Gasteiger partial charge in [0.2, 0.25) is 0 Å². The first kappa shape index (κ1) is 28.4. The molecule has 0 radical (unpaired) electrons. The number of anilines is 1. The van der Waals surface area contributed by atoms with Crippen LogP contribution in [0.5, 0.6) is 5.75 Å². The number of alkyl halides is 3. The number of hydrogen-bond acceptors (Lipinski definition) is 5. The molecule has 1 N–H and O–H groups in total. The predicted octanol–water partition coefficient (Wildman–Crippen LogP) is 6.15. The highest BCUT2D eigenvalue weighted by atomic mass is 35.5. The molecule has 1 saturated carbocycles. The molecule has 3 aliphatic rings. The first-order chi connectivity index (χ1) is 18.8. The average molecular weight is 584 g/mol. The van der Waals surface area contributed by atoms with Crippen LogP contribution < -0.4 is 9.64 Å². The Kier molecular flexibility index (Phi) is 7.62. The number of carbonyl (C=O) groups excluding carboxylic acids is 1. The highest BCUT2D eigenvalue weighted by Gasteiger charge is 2.39. The smallest absolute Gasteiger partial charge is 0.418 e. The van der Waals surface area contributed by atoms with Crippen molar-refractivity contribution in [2.75, 3.05) is 31.1 Å². The summed E-state index contributed by atoms with van der Waals surface area (Å²) >= 11 is 5.71. The van der Waals surface area contributed by atoms with Gasteiger partial charge < -0.3 is 19.6 Å². The number of pyridine rings is 1. The third-order valence-corrected chi connectivity index (χ3v) is 8.30. The van der Waals surface area contributed by atoms with Crippen molar-refractivity contribution < 1.29 is 37.0 Å². The van der Waals surface area contributed by atoms with Crippen LogP contribution in [-0.4, -0.2) is 59.1 Å². The van der Waals surface area contributed by atoms with Crippen LogP contribution >= 0.6 is 11.6 Å². The summed E-state index contributed by atoms with van der Waals surface area (Å²) in [5.41, 5.74) is -0.720. The zero-order valence-electron chi connectivity index (χ0n) is 21.9. The molecule has 40 heavy (non-hydrogen) atoms. The van der Waals surface area contributed by atoms with Crippen LogP contribution in [-0.2, 0) is 11.0 Å². The molecule has 1 aromatic heterocycles. The maximum atomic E-state index is 15.3. The van der Waals surface area contributed by atoms with Gasteiger partial charge in [0.25, 0.3) is 5.91 Å². The highest BCUT2D eigenvalue weighted by molar-refractivity contribution is 6.31. The molecule has 0 unspecified atom stereocenters. The van der Waals surface area contributed by atoms with Crippen LogP contribution in [0.1, 0.15) is 72.9 Å². The SMILES string of the molecule is C[C@@]1(COc2cc(F)c(C(=O)N3CCC[C@H]3CC(=O)O)cc2C2CC2)CCN(c2cc(C(F)(F)F)c(Cl)cn2)C1. The Labute approximate surface area is 234 Å². The van der Waals surface area contributed by atoms with E-state index in [4.69, 9.17) is 16.3 Å². The van der Waals surface area contributed by atoms with Crippen LogP contribution in [0.2, 0.25) is 5.02 Å². The van der Waals surface area contributed by atoms with Crippen molar-refractivity contribution in [1.29, 1.82) is 0 Å². The number of carboxylic acids is 1. The Bertz CT molecular complexity index is 1320. The number of halogens is 5. The van der Waals surface area contributed by atoms with Crippen LogP contribution in [0.25, 0.3) is 0 Å². The number of ether oxygens (including phenoxy) is 1. The van der Waals surface area contributed by atoms with E-state index in [-0.39, 0.29) is 30.3 Å². The van der Waals surface area contributed by atoms with Crippen molar-refractivity contribution in [3.05, 3.63) is 51.9 Å². The van der Waals surface area contributed by atoms with E-state index in [9.17, 15) is 27.9 Å². The number of likely N-dealkylation sites (tertiary alicyclic amines) is 1. The third-order valence-electron chi connectivity index (χ3n) is 8.00. The summed E-state index contributed by atoms with van der Waals surface area (Å²) in [6, 6.07) is 3.26. The van der Waals surface area contributed by atoms with Crippen molar-refractivity contribution in [3.8, 4) is 5.75 Å². The molecule has 3 heterocycles. The maximum absolute atomic E-state index is 15.3. The molecular formula is C28H30ClF4N3O4.